The molecule has 0 saturated carbocycles. The van der Waals surface area contributed by atoms with Crippen molar-refractivity contribution in [1.82, 2.24) is 0 Å². The van der Waals surface area contributed by atoms with E-state index in [2.05, 4.69) is 51.5 Å². The first-order chi connectivity index (χ1) is 5.57. The van der Waals surface area contributed by atoms with Gasteiger partial charge >= 0.3 is 84.4 Å². The van der Waals surface area contributed by atoms with Crippen LogP contribution in [-0.2, 0) is 5.09 Å². The molecule has 0 heterocycles. The van der Waals surface area contributed by atoms with Gasteiger partial charge in [-0.3, -0.25) is 0 Å². The van der Waals surface area contributed by atoms with Gasteiger partial charge in [0, 0.05) is 0 Å². The van der Waals surface area contributed by atoms with Crippen molar-refractivity contribution in [2.24, 2.45) is 0 Å². The molecule has 0 atom stereocenters. The molecule has 0 aliphatic carbocycles. The molecule has 1 aromatic rings. The van der Waals surface area contributed by atoms with E-state index in [1.165, 1.54) is 27.8 Å². The van der Waals surface area contributed by atoms with E-state index in [-0.39, 0.29) is 0 Å². The van der Waals surface area contributed by atoms with Crippen LogP contribution >= 0.6 is 0 Å². The molecule has 0 fully saturated rings. The Balaban J connectivity index is 3.42. The molecule has 0 aromatic heterocycles. The van der Waals surface area contributed by atoms with E-state index in [0.29, 0.717) is 0 Å². The van der Waals surface area contributed by atoms with Crippen molar-refractivity contribution in [3.05, 3.63) is 33.9 Å². The number of aryl methyl sites for hydroxylation is 2. The topological polar surface area (TPSA) is 0 Å². The van der Waals surface area contributed by atoms with Crippen molar-refractivity contribution in [3.8, 4) is 0 Å². The van der Waals surface area contributed by atoms with Gasteiger partial charge in [-0.2, -0.15) is 0 Å². The SMILES string of the molecule is [Li][CH2]c1c(C)c(C)cc(C)c1C. The van der Waals surface area contributed by atoms with Crippen molar-refractivity contribution < 1.29 is 0 Å². The molecule has 0 amide bonds. The second-order valence-electron chi connectivity index (χ2n) is 3.59. The van der Waals surface area contributed by atoms with Crippen molar-refractivity contribution in [2.75, 3.05) is 0 Å². The Bertz CT molecular complexity index is 274. The molecule has 0 unspecified atom stereocenters. The van der Waals surface area contributed by atoms with Gasteiger partial charge in [0.1, 0.15) is 0 Å². The van der Waals surface area contributed by atoms with Crippen LogP contribution in [-0.4, -0.2) is 17.7 Å². The Morgan fingerprint density at radius 1 is 1.00 bits per heavy atom. The van der Waals surface area contributed by atoms with Gasteiger partial charge in [0.15, 0.2) is 0 Å². The Morgan fingerprint density at radius 3 is 1.75 bits per heavy atom. The van der Waals surface area contributed by atoms with Crippen molar-refractivity contribution in [2.45, 2.75) is 32.8 Å². The molecule has 0 aliphatic heterocycles. The van der Waals surface area contributed by atoms with Crippen LogP contribution in [0.2, 0.25) is 0 Å². The summed E-state index contributed by atoms with van der Waals surface area (Å²) in [6, 6.07) is 2.28. The maximum absolute atomic E-state index is 2.28. The maximum atomic E-state index is 2.28. The molecule has 1 heteroatoms. The van der Waals surface area contributed by atoms with E-state index in [4.69, 9.17) is 0 Å². The summed E-state index contributed by atoms with van der Waals surface area (Å²) in [6.07, 6.45) is 0. The first-order valence-electron chi connectivity index (χ1n) is 4.64. The number of hydrogen-bond donors (Lipinski definition) is 0. The zero-order valence-corrected chi connectivity index (χ0v) is 8.78. The Labute approximate surface area is 84.6 Å². The third kappa shape index (κ3) is 1.60. The summed E-state index contributed by atoms with van der Waals surface area (Å²) in [6.45, 7) is 8.84. The van der Waals surface area contributed by atoms with Gasteiger partial charge in [0.05, 0.1) is 0 Å². The normalized spacial score (nSPS) is 10.5. The fourth-order valence-electron chi connectivity index (χ4n) is 1.83. The monoisotopic (exact) mass is 154 g/mol. The van der Waals surface area contributed by atoms with Crippen LogP contribution in [0.25, 0.3) is 0 Å². The number of hydrogen-bond acceptors (Lipinski definition) is 0. The summed E-state index contributed by atoms with van der Waals surface area (Å²) in [5.74, 6) is 0. The molecule has 0 bridgehead atoms. The van der Waals surface area contributed by atoms with Crippen LogP contribution in [0, 0.1) is 27.7 Å². The zero-order valence-electron chi connectivity index (χ0n) is 8.78. The molecule has 1 rings (SSSR count). The molecule has 0 saturated heterocycles. The summed E-state index contributed by atoms with van der Waals surface area (Å²) in [7, 11) is 0. The molecule has 60 valence electrons. The minimum absolute atomic E-state index is 1.15. The van der Waals surface area contributed by atoms with Crippen LogP contribution in [0.3, 0.4) is 0 Å². The standard InChI is InChI=1S/C11H15.Li/c1-7-6-8(2)10(4)11(5)9(7)3;/h6H,5H2,1-4H3;. The molecule has 1 aromatic carbocycles. The number of benzene rings is 1. The van der Waals surface area contributed by atoms with Crippen LogP contribution in [0.15, 0.2) is 6.07 Å². The second kappa shape index (κ2) is 3.69. The van der Waals surface area contributed by atoms with E-state index in [9.17, 15) is 0 Å². The second-order valence-corrected chi connectivity index (χ2v) is 3.59. The quantitative estimate of drug-likeness (QED) is 0.545. The third-order valence-corrected chi connectivity index (χ3v) is 2.87. The molecule has 0 aliphatic rings. The predicted octanol–water partition coefficient (Wildman–Crippen LogP) is 2.59. The average Bonchev–Trinajstić information content (AvgIpc) is 2.02. The van der Waals surface area contributed by atoms with Crippen LogP contribution in [0.1, 0.15) is 27.8 Å². The molecular weight excluding hydrogens is 139 g/mol. The molecule has 0 N–H and O–H groups in total. The number of rotatable bonds is 1. The van der Waals surface area contributed by atoms with Crippen LogP contribution < -0.4 is 0 Å². The van der Waals surface area contributed by atoms with Crippen molar-refractivity contribution >= 4 is 17.7 Å². The third-order valence-electron chi connectivity index (χ3n) is 2.87. The summed E-state index contributed by atoms with van der Waals surface area (Å²) in [5.41, 5.74) is 7.33. The van der Waals surface area contributed by atoms with E-state index in [1.54, 1.807) is 0 Å². The Hall–Kier alpha value is -0.183. The molecule has 12 heavy (non-hydrogen) atoms. The predicted molar refractivity (Wildman–Crippen MR) is 54.8 cm³/mol. The first kappa shape index (κ1) is 9.90. The van der Waals surface area contributed by atoms with Gasteiger partial charge < -0.3 is 0 Å². The summed E-state index contributed by atoms with van der Waals surface area (Å²) < 4.78 is 0. The van der Waals surface area contributed by atoms with E-state index in [1.807, 2.05) is 0 Å². The first-order valence-corrected chi connectivity index (χ1v) is 4.64. The van der Waals surface area contributed by atoms with Crippen molar-refractivity contribution in [1.29, 1.82) is 0 Å². The molecule has 0 radical (unpaired) electrons. The zero-order chi connectivity index (χ0) is 9.30. The molecule has 0 spiro atoms. The molecule has 0 nitrogen and oxygen atoms in total. The summed E-state index contributed by atoms with van der Waals surface area (Å²) in [4.78, 5) is 0. The fraction of sp³-hybridized carbons (Fsp3) is 0.455. The van der Waals surface area contributed by atoms with Gasteiger partial charge in [-0.05, 0) is 0 Å². The van der Waals surface area contributed by atoms with E-state index >= 15 is 0 Å². The van der Waals surface area contributed by atoms with E-state index < -0.39 is 0 Å². The minimum atomic E-state index is 1.15. The van der Waals surface area contributed by atoms with Crippen LogP contribution in [0.5, 0.6) is 0 Å². The Morgan fingerprint density at radius 2 is 1.42 bits per heavy atom. The van der Waals surface area contributed by atoms with Crippen LogP contribution in [0.4, 0.5) is 0 Å². The Kier molecular flexibility index (Phi) is 3.04. The summed E-state index contributed by atoms with van der Waals surface area (Å²) >= 11 is 2.23. The van der Waals surface area contributed by atoms with Gasteiger partial charge in [0.25, 0.3) is 0 Å². The van der Waals surface area contributed by atoms with E-state index in [0.717, 1.165) is 5.09 Å². The van der Waals surface area contributed by atoms with Gasteiger partial charge in [-0.25, -0.2) is 0 Å². The summed E-state index contributed by atoms with van der Waals surface area (Å²) in [5, 5.41) is 1.15. The molecular formula is C11H15Li. The fourth-order valence-corrected chi connectivity index (χ4v) is 1.83. The van der Waals surface area contributed by atoms with Gasteiger partial charge in [-0.15, -0.1) is 0 Å². The van der Waals surface area contributed by atoms with Crippen molar-refractivity contribution in [3.63, 3.8) is 0 Å². The van der Waals surface area contributed by atoms with Gasteiger partial charge in [0.2, 0.25) is 0 Å². The average molecular weight is 154 g/mol. The van der Waals surface area contributed by atoms with Gasteiger partial charge in [-0.1, -0.05) is 0 Å².